The van der Waals surface area contributed by atoms with Gasteiger partial charge in [-0.3, -0.25) is 4.79 Å². The van der Waals surface area contributed by atoms with Crippen LogP contribution in [0.4, 0.5) is 5.69 Å². The van der Waals surface area contributed by atoms with Crippen LogP contribution in [0, 0.1) is 11.3 Å². The van der Waals surface area contributed by atoms with E-state index in [0.29, 0.717) is 28.2 Å². The molecule has 0 saturated heterocycles. The third-order valence-electron chi connectivity index (χ3n) is 4.22. The fourth-order valence-electron chi connectivity index (χ4n) is 2.73. The van der Waals surface area contributed by atoms with Crippen LogP contribution in [0.2, 0.25) is 10.0 Å². The average molecular weight is 315 g/mol. The van der Waals surface area contributed by atoms with Gasteiger partial charge in [-0.05, 0) is 49.8 Å². The van der Waals surface area contributed by atoms with Gasteiger partial charge in [0.2, 0.25) is 5.91 Å². The van der Waals surface area contributed by atoms with Gasteiger partial charge in [0, 0.05) is 22.3 Å². The maximum absolute atomic E-state index is 12.6. The SMILES string of the molecule is CC1CCC(CN)(C(=O)Nc2cc(Cl)cc(Cl)c2)CC1. The van der Waals surface area contributed by atoms with E-state index in [4.69, 9.17) is 28.9 Å². The van der Waals surface area contributed by atoms with E-state index in [2.05, 4.69) is 12.2 Å². The molecular formula is C15H20Cl2N2O. The van der Waals surface area contributed by atoms with Crippen LogP contribution in [0.5, 0.6) is 0 Å². The Bertz CT molecular complexity index is 476. The van der Waals surface area contributed by atoms with Gasteiger partial charge in [0.1, 0.15) is 0 Å². The van der Waals surface area contributed by atoms with Crippen molar-refractivity contribution < 1.29 is 4.79 Å². The lowest BCUT2D eigenvalue weighted by molar-refractivity contribution is -0.127. The van der Waals surface area contributed by atoms with Crippen LogP contribution in [-0.4, -0.2) is 12.5 Å². The third-order valence-corrected chi connectivity index (χ3v) is 4.66. The fraction of sp³-hybridized carbons (Fsp3) is 0.533. The summed E-state index contributed by atoms with van der Waals surface area (Å²) in [5.74, 6) is 0.647. The van der Waals surface area contributed by atoms with E-state index in [1.165, 1.54) is 0 Å². The first-order valence-corrected chi connectivity index (χ1v) is 7.68. The van der Waals surface area contributed by atoms with Crippen molar-refractivity contribution in [3.8, 4) is 0 Å². The zero-order chi connectivity index (χ0) is 14.8. The van der Waals surface area contributed by atoms with Gasteiger partial charge in [0.25, 0.3) is 0 Å². The van der Waals surface area contributed by atoms with Gasteiger partial charge in [0.15, 0.2) is 0 Å². The number of carbonyl (C=O) groups is 1. The van der Waals surface area contributed by atoms with E-state index in [1.54, 1.807) is 18.2 Å². The van der Waals surface area contributed by atoms with Crippen LogP contribution < -0.4 is 11.1 Å². The molecular weight excluding hydrogens is 295 g/mol. The molecule has 0 aliphatic heterocycles. The number of halogens is 2. The molecule has 1 aromatic rings. The molecule has 0 heterocycles. The zero-order valence-corrected chi connectivity index (χ0v) is 13.1. The summed E-state index contributed by atoms with van der Waals surface area (Å²) in [6.45, 7) is 2.59. The summed E-state index contributed by atoms with van der Waals surface area (Å²) in [5.41, 5.74) is 6.05. The van der Waals surface area contributed by atoms with Crippen LogP contribution in [0.25, 0.3) is 0 Å². The van der Waals surface area contributed by atoms with Gasteiger partial charge < -0.3 is 11.1 Å². The standard InChI is InChI=1S/C15H20Cl2N2O/c1-10-2-4-15(9-18,5-3-10)14(20)19-13-7-11(16)6-12(17)8-13/h6-8,10H,2-5,9,18H2,1H3,(H,19,20). The maximum Gasteiger partial charge on any atom is 0.231 e. The highest BCUT2D eigenvalue weighted by Gasteiger charge is 2.39. The lowest BCUT2D eigenvalue weighted by atomic mass is 9.70. The van der Waals surface area contributed by atoms with E-state index < -0.39 is 5.41 Å². The number of rotatable bonds is 3. The summed E-state index contributed by atoms with van der Waals surface area (Å²) in [6, 6.07) is 5.03. The third kappa shape index (κ3) is 3.46. The quantitative estimate of drug-likeness (QED) is 0.883. The molecule has 1 aliphatic carbocycles. The summed E-state index contributed by atoms with van der Waals surface area (Å²) in [5, 5.41) is 3.92. The molecule has 5 heteroatoms. The minimum atomic E-state index is -0.457. The minimum absolute atomic E-state index is 0.0229. The Morgan fingerprint density at radius 3 is 2.35 bits per heavy atom. The molecule has 1 saturated carbocycles. The molecule has 0 radical (unpaired) electrons. The Morgan fingerprint density at radius 2 is 1.85 bits per heavy atom. The van der Waals surface area contributed by atoms with Crippen molar-refractivity contribution in [1.29, 1.82) is 0 Å². The first-order chi connectivity index (χ1) is 9.45. The van der Waals surface area contributed by atoms with Crippen molar-refractivity contribution >= 4 is 34.8 Å². The zero-order valence-electron chi connectivity index (χ0n) is 11.6. The number of hydrogen-bond donors (Lipinski definition) is 2. The second kappa shape index (κ2) is 6.33. The topological polar surface area (TPSA) is 55.1 Å². The average Bonchev–Trinajstić information content (AvgIpc) is 2.38. The summed E-state index contributed by atoms with van der Waals surface area (Å²) in [7, 11) is 0. The van der Waals surface area contributed by atoms with Crippen LogP contribution in [0.3, 0.4) is 0 Å². The molecule has 1 aliphatic rings. The molecule has 0 atom stereocenters. The summed E-state index contributed by atoms with van der Waals surface area (Å²) in [6.07, 6.45) is 3.76. The van der Waals surface area contributed by atoms with E-state index in [0.717, 1.165) is 25.7 Å². The van der Waals surface area contributed by atoms with Gasteiger partial charge in [0.05, 0.1) is 5.41 Å². The minimum Gasteiger partial charge on any atom is -0.329 e. The number of benzene rings is 1. The van der Waals surface area contributed by atoms with Crippen LogP contribution >= 0.6 is 23.2 Å². The normalized spacial score (nSPS) is 26.3. The molecule has 2 rings (SSSR count). The Kier molecular flexibility index (Phi) is 4.95. The molecule has 3 nitrogen and oxygen atoms in total. The largest absolute Gasteiger partial charge is 0.329 e. The van der Waals surface area contributed by atoms with Crippen molar-refractivity contribution in [2.45, 2.75) is 32.6 Å². The molecule has 0 aromatic heterocycles. The molecule has 3 N–H and O–H groups in total. The Labute approximate surface area is 129 Å². The number of amides is 1. The maximum atomic E-state index is 12.6. The van der Waals surface area contributed by atoms with Gasteiger partial charge in [-0.1, -0.05) is 30.1 Å². The van der Waals surface area contributed by atoms with Gasteiger partial charge in [-0.25, -0.2) is 0 Å². The Hall–Kier alpha value is -0.770. The Balaban J connectivity index is 2.13. The van der Waals surface area contributed by atoms with Gasteiger partial charge in [-0.2, -0.15) is 0 Å². The number of anilines is 1. The molecule has 1 fully saturated rings. The molecule has 1 aromatic carbocycles. The number of nitrogens with one attached hydrogen (secondary N) is 1. The molecule has 0 unspecified atom stereocenters. The molecule has 0 bridgehead atoms. The summed E-state index contributed by atoms with van der Waals surface area (Å²) >= 11 is 11.9. The summed E-state index contributed by atoms with van der Waals surface area (Å²) in [4.78, 5) is 12.6. The highest BCUT2D eigenvalue weighted by Crippen LogP contribution is 2.39. The van der Waals surface area contributed by atoms with Crippen molar-refractivity contribution in [2.75, 3.05) is 11.9 Å². The van der Waals surface area contributed by atoms with Crippen molar-refractivity contribution in [3.63, 3.8) is 0 Å². The van der Waals surface area contributed by atoms with E-state index in [9.17, 15) is 4.79 Å². The van der Waals surface area contributed by atoms with E-state index in [-0.39, 0.29) is 5.91 Å². The van der Waals surface area contributed by atoms with Crippen molar-refractivity contribution in [3.05, 3.63) is 28.2 Å². The molecule has 0 spiro atoms. The van der Waals surface area contributed by atoms with Crippen LogP contribution in [-0.2, 0) is 4.79 Å². The van der Waals surface area contributed by atoms with E-state index >= 15 is 0 Å². The molecule has 1 amide bonds. The van der Waals surface area contributed by atoms with Gasteiger partial charge >= 0.3 is 0 Å². The lowest BCUT2D eigenvalue weighted by Gasteiger charge is -2.37. The number of carbonyl (C=O) groups excluding carboxylic acids is 1. The van der Waals surface area contributed by atoms with Gasteiger partial charge in [-0.15, -0.1) is 0 Å². The first-order valence-electron chi connectivity index (χ1n) is 6.93. The van der Waals surface area contributed by atoms with Crippen molar-refractivity contribution in [1.82, 2.24) is 0 Å². The number of hydrogen-bond acceptors (Lipinski definition) is 2. The second-order valence-electron chi connectivity index (χ2n) is 5.78. The second-order valence-corrected chi connectivity index (χ2v) is 6.65. The van der Waals surface area contributed by atoms with Crippen LogP contribution in [0.1, 0.15) is 32.6 Å². The molecule has 110 valence electrons. The predicted octanol–water partition coefficient (Wildman–Crippen LogP) is 4.09. The Morgan fingerprint density at radius 1 is 1.30 bits per heavy atom. The predicted molar refractivity (Wildman–Crippen MR) is 84.2 cm³/mol. The number of nitrogens with two attached hydrogens (primary N) is 1. The van der Waals surface area contributed by atoms with Crippen LogP contribution in [0.15, 0.2) is 18.2 Å². The van der Waals surface area contributed by atoms with E-state index in [1.807, 2.05) is 0 Å². The lowest BCUT2D eigenvalue weighted by Crippen LogP contribution is -2.44. The smallest absolute Gasteiger partial charge is 0.231 e. The highest BCUT2D eigenvalue weighted by atomic mass is 35.5. The highest BCUT2D eigenvalue weighted by molar-refractivity contribution is 6.35. The molecule has 20 heavy (non-hydrogen) atoms. The first kappa shape index (κ1) is 15.6. The summed E-state index contributed by atoms with van der Waals surface area (Å²) < 4.78 is 0. The monoisotopic (exact) mass is 314 g/mol. The van der Waals surface area contributed by atoms with Crippen molar-refractivity contribution in [2.24, 2.45) is 17.1 Å². The fourth-order valence-corrected chi connectivity index (χ4v) is 3.25.